The molecule has 0 spiro atoms. The normalized spacial score (nSPS) is 10.5. The number of carbonyl (C=O) groups is 1. The van der Waals surface area contributed by atoms with E-state index in [1.165, 1.54) is 70.6 Å². The van der Waals surface area contributed by atoms with Crippen molar-refractivity contribution in [1.29, 1.82) is 0 Å². The van der Waals surface area contributed by atoms with Crippen molar-refractivity contribution >= 4 is 11.7 Å². The third kappa shape index (κ3) is 11.9. The van der Waals surface area contributed by atoms with Crippen LogP contribution in [0.1, 0.15) is 84.0 Å². The Kier molecular flexibility index (Phi) is 12.8. The van der Waals surface area contributed by atoms with Gasteiger partial charge in [-0.2, -0.15) is 0 Å². The molecule has 0 unspecified atom stereocenters. The monoisotopic (exact) mass is 333 g/mol. The minimum Gasteiger partial charge on any atom is -0.338 e. The number of rotatable bonds is 14. The third-order valence-corrected chi connectivity index (χ3v) is 4.24. The summed E-state index contributed by atoms with van der Waals surface area (Å²) in [7, 11) is 0. The number of anilines is 1. The molecule has 1 aromatic rings. The van der Waals surface area contributed by atoms with Crippen molar-refractivity contribution in [1.82, 2.24) is 10.3 Å². The van der Waals surface area contributed by atoms with Gasteiger partial charge in [-0.3, -0.25) is 4.98 Å². The van der Waals surface area contributed by atoms with E-state index in [1.54, 1.807) is 18.5 Å². The van der Waals surface area contributed by atoms with Gasteiger partial charge >= 0.3 is 6.03 Å². The van der Waals surface area contributed by atoms with Gasteiger partial charge in [-0.05, 0) is 18.6 Å². The molecule has 0 aliphatic carbocycles. The van der Waals surface area contributed by atoms with Crippen molar-refractivity contribution in [3.63, 3.8) is 0 Å². The molecule has 1 heterocycles. The Hall–Kier alpha value is -1.58. The van der Waals surface area contributed by atoms with Gasteiger partial charge in [0.1, 0.15) is 0 Å². The highest BCUT2D eigenvalue weighted by atomic mass is 16.2. The first kappa shape index (κ1) is 20.5. The number of aromatic nitrogens is 1. The smallest absolute Gasteiger partial charge is 0.319 e. The summed E-state index contributed by atoms with van der Waals surface area (Å²) in [6.07, 6.45) is 19.3. The maximum Gasteiger partial charge on any atom is 0.319 e. The molecule has 4 nitrogen and oxygen atoms in total. The van der Waals surface area contributed by atoms with Crippen LogP contribution in [0.5, 0.6) is 0 Å². The fourth-order valence-corrected chi connectivity index (χ4v) is 2.78. The van der Waals surface area contributed by atoms with Crippen molar-refractivity contribution in [2.24, 2.45) is 0 Å². The molecule has 136 valence electrons. The average Bonchev–Trinajstić information content (AvgIpc) is 2.60. The van der Waals surface area contributed by atoms with Gasteiger partial charge in [0.05, 0.1) is 11.9 Å². The van der Waals surface area contributed by atoms with Gasteiger partial charge in [-0.15, -0.1) is 0 Å². The molecule has 0 saturated heterocycles. The predicted octanol–water partition coefficient (Wildman–Crippen LogP) is 5.90. The van der Waals surface area contributed by atoms with E-state index in [1.807, 2.05) is 6.07 Å². The second-order valence-electron chi connectivity index (χ2n) is 6.51. The highest BCUT2D eigenvalue weighted by Crippen LogP contribution is 2.11. The molecule has 0 fully saturated rings. The highest BCUT2D eigenvalue weighted by Gasteiger charge is 2.00. The topological polar surface area (TPSA) is 54.0 Å². The largest absolute Gasteiger partial charge is 0.338 e. The lowest BCUT2D eigenvalue weighted by atomic mass is 10.1. The van der Waals surface area contributed by atoms with Gasteiger partial charge in [-0.1, -0.05) is 77.6 Å². The minimum atomic E-state index is -0.147. The third-order valence-electron chi connectivity index (χ3n) is 4.24. The predicted molar refractivity (Wildman–Crippen MR) is 102 cm³/mol. The molecule has 0 aliphatic heterocycles. The van der Waals surface area contributed by atoms with E-state index in [0.717, 1.165) is 18.7 Å². The number of unbranched alkanes of at least 4 members (excludes halogenated alkanes) is 11. The zero-order valence-electron chi connectivity index (χ0n) is 15.4. The van der Waals surface area contributed by atoms with E-state index in [9.17, 15) is 4.79 Å². The van der Waals surface area contributed by atoms with Crippen LogP contribution in [0.25, 0.3) is 0 Å². The second kappa shape index (κ2) is 15.0. The molecule has 4 heteroatoms. The zero-order valence-corrected chi connectivity index (χ0v) is 15.4. The fourth-order valence-electron chi connectivity index (χ4n) is 2.78. The first-order valence-corrected chi connectivity index (χ1v) is 9.78. The molecular weight excluding hydrogens is 298 g/mol. The van der Waals surface area contributed by atoms with Crippen molar-refractivity contribution in [3.8, 4) is 0 Å². The summed E-state index contributed by atoms with van der Waals surface area (Å²) in [4.78, 5) is 15.6. The molecular formula is C20H35N3O. The standard InChI is InChI=1S/C20H35N3O/c1-2-3-4-5-6-7-8-9-10-11-12-13-17-22-20(24)23-19-15-14-16-21-18-19/h14-16,18H,2-13,17H2,1H3,(H2,22,23,24). The van der Waals surface area contributed by atoms with Crippen molar-refractivity contribution in [2.45, 2.75) is 84.0 Å². The molecule has 24 heavy (non-hydrogen) atoms. The number of pyridine rings is 1. The SMILES string of the molecule is CCCCCCCCCCCCCCNC(=O)Nc1cccnc1. The number of urea groups is 1. The quantitative estimate of drug-likeness (QED) is 0.416. The number of nitrogens with zero attached hydrogens (tertiary/aromatic N) is 1. The van der Waals surface area contributed by atoms with Crippen LogP contribution in [0.4, 0.5) is 10.5 Å². The number of hydrogen-bond donors (Lipinski definition) is 2. The lowest BCUT2D eigenvalue weighted by Gasteiger charge is -2.07. The van der Waals surface area contributed by atoms with Gasteiger partial charge in [0.25, 0.3) is 0 Å². The molecule has 0 saturated carbocycles. The maximum atomic E-state index is 11.7. The van der Waals surface area contributed by atoms with Gasteiger partial charge in [0.2, 0.25) is 0 Å². The molecule has 0 aromatic carbocycles. The van der Waals surface area contributed by atoms with Crippen LogP contribution in [-0.4, -0.2) is 17.6 Å². The Bertz CT molecular complexity index is 409. The molecule has 0 bridgehead atoms. The van der Waals surface area contributed by atoms with Gasteiger partial charge in [-0.25, -0.2) is 4.79 Å². The van der Waals surface area contributed by atoms with Crippen molar-refractivity contribution in [2.75, 3.05) is 11.9 Å². The molecule has 0 radical (unpaired) electrons. The molecule has 0 aliphatic rings. The van der Waals surface area contributed by atoms with Gasteiger partial charge < -0.3 is 10.6 Å². The maximum absolute atomic E-state index is 11.7. The van der Waals surface area contributed by atoms with Crippen molar-refractivity contribution in [3.05, 3.63) is 24.5 Å². The first-order valence-electron chi connectivity index (χ1n) is 9.78. The van der Waals surface area contributed by atoms with Crippen LogP contribution in [0.3, 0.4) is 0 Å². The van der Waals surface area contributed by atoms with Crippen LogP contribution in [0.2, 0.25) is 0 Å². The van der Waals surface area contributed by atoms with Crippen molar-refractivity contribution < 1.29 is 4.79 Å². The van der Waals surface area contributed by atoms with Crippen LogP contribution in [0.15, 0.2) is 24.5 Å². The number of amides is 2. The Labute approximate surface area is 147 Å². The number of nitrogens with one attached hydrogen (secondary N) is 2. The lowest BCUT2D eigenvalue weighted by molar-refractivity contribution is 0.252. The van der Waals surface area contributed by atoms with Crippen LogP contribution in [0, 0.1) is 0 Å². The zero-order chi connectivity index (χ0) is 17.3. The second-order valence-corrected chi connectivity index (χ2v) is 6.51. The van der Waals surface area contributed by atoms with Crippen LogP contribution < -0.4 is 10.6 Å². The lowest BCUT2D eigenvalue weighted by Crippen LogP contribution is -2.29. The molecule has 0 atom stereocenters. The summed E-state index contributed by atoms with van der Waals surface area (Å²) in [5, 5.41) is 5.66. The minimum absolute atomic E-state index is 0.147. The van der Waals surface area contributed by atoms with E-state index >= 15 is 0 Å². The van der Waals surface area contributed by atoms with Gasteiger partial charge in [0, 0.05) is 12.7 Å². The summed E-state index contributed by atoms with van der Waals surface area (Å²) in [5.41, 5.74) is 0.727. The highest BCUT2D eigenvalue weighted by molar-refractivity contribution is 5.88. The summed E-state index contributed by atoms with van der Waals surface area (Å²) in [6.45, 7) is 3.01. The first-order chi connectivity index (χ1) is 11.8. The van der Waals surface area contributed by atoms with Crippen LogP contribution >= 0.6 is 0 Å². The Morgan fingerprint density at radius 2 is 1.50 bits per heavy atom. The summed E-state index contributed by atoms with van der Waals surface area (Å²) in [5.74, 6) is 0. The fraction of sp³-hybridized carbons (Fsp3) is 0.700. The average molecular weight is 334 g/mol. The molecule has 2 amide bonds. The van der Waals surface area contributed by atoms with E-state index in [4.69, 9.17) is 0 Å². The Morgan fingerprint density at radius 3 is 2.04 bits per heavy atom. The number of carbonyl (C=O) groups excluding carboxylic acids is 1. The van der Waals surface area contributed by atoms with E-state index in [0.29, 0.717) is 0 Å². The Morgan fingerprint density at radius 1 is 0.917 bits per heavy atom. The summed E-state index contributed by atoms with van der Waals surface area (Å²) >= 11 is 0. The van der Waals surface area contributed by atoms with E-state index < -0.39 is 0 Å². The van der Waals surface area contributed by atoms with E-state index in [2.05, 4.69) is 22.5 Å². The van der Waals surface area contributed by atoms with E-state index in [-0.39, 0.29) is 6.03 Å². The number of hydrogen-bond acceptors (Lipinski definition) is 2. The summed E-state index contributed by atoms with van der Waals surface area (Å²) < 4.78 is 0. The molecule has 2 N–H and O–H groups in total. The molecule has 1 aromatic heterocycles. The Balaban J connectivity index is 1.81. The van der Waals surface area contributed by atoms with Gasteiger partial charge in [0.15, 0.2) is 0 Å². The summed E-state index contributed by atoms with van der Waals surface area (Å²) in [6, 6.07) is 3.49. The molecule has 1 rings (SSSR count). The van der Waals surface area contributed by atoms with Crippen LogP contribution in [-0.2, 0) is 0 Å².